The molecule has 4 aromatic rings. The Bertz CT molecular complexity index is 1070. The largest absolute Gasteiger partial charge is 0.454 e. The Labute approximate surface area is 135 Å². The van der Waals surface area contributed by atoms with E-state index in [1.54, 1.807) is 22.7 Å². The zero-order valence-corrected chi connectivity index (χ0v) is 12.4. The maximum Gasteiger partial charge on any atom is 0.253 e. The Morgan fingerprint density at radius 2 is 2.00 bits per heavy atom. The first-order valence-electron chi connectivity index (χ1n) is 7.43. The number of ether oxygens (including phenoxy) is 2. The summed E-state index contributed by atoms with van der Waals surface area (Å²) >= 11 is 0. The molecule has 2 aromatic carbocycles. The van der Waals surface area contributed by atoms with Gasteiger partial charge in [-0.3, -0.25) is 5.10 Å². The molecule has 0 saturated heterocycles. The Hall–Kier alpha value is -3.29. The number of benzene rings is 2. The van der Waals surface area contributed by atoms with Crippen molar-refractivity contribution in [3.63, 3.8) is 0 Å². The molecule has 0 aliphatic carbocycles. The van der Waals surface area contributed by atoms with Gasteiger partial charge in [-0.05, 0) is 6.07 Å². The van der Waals surface area contributed by atoms with Crippen LogP contribution in [0.3, 0.4) is 0 Å². The first-order chi connectivity index (χ1) is 11.8. The summed E-state index contributed by atoms with van der Waals surface area (Å²) in [6, 6.07) is 10.3. The summed E-state index contributed by atoms with van der Waals surface area (Å²) in [6.45, 7) is 0.543. The summed E-state index contributed by atoms with van der Waals surface area (Å²) in [5.74, 6) is 2.14. The number of H-pyrrole nitrogens is 1. The molecule has 0 radical (unpaired) electrons. The maximum absolute atomic E-state index is 13.7. The molecule has 0 bridgehead atoms. The molecule has 0 amide bonds. The zero-order chi connectivity index (χ0) is 16.1. The van der Waals surface area contributed by atoms with Crippen molar-refractivity contribution in [1.82, 2.24) is 19.6 Å². The summed E-state index contributed by atoms with van der Waals surface area (Å²) in [5.41, 5.74) is 2.17. The Morgan fingerprint density at radius 3 is 2.88 bits per heavy atom. The van der Waals surface area contributed by atoms with Crippen molar-refractivity contribution < 1.29 is 13.9 Å². The van der Waals surface area contributed by atoms with Crippen molar-refractivity contribution in [3.8, 4) is 11.5 Å². The highest BCUT2D eigenvalue weighted by atomic mass is 19.1. The molecule has 0 atom stereocenters. The molecule has 7 nitrogen and oxygen atoms in total. The van der Waals surface area contributed by atoms with E-state index in [1.807, 2.05) is 12.1 Å². The van der Waals surface area contributed by atoms with E-state index in [0.29, 0.717) is 35.3 Å². The number of imidazole rings is 1. The van der Waals surface area contributed by atoms with E-state index < -0.39 is 0 Å². The van der Waals surface area contributed by atoms with Gasteiger partial charge in [0.2, 0.25) is 12.7 Å². The lowest BCUT2D eigenvalue weighted by atomic mass is 10.2. The number of halogens is 1. The van der Waals surface area contributed by atoms with E-state index in [-0.39, 0.29) is 12.6 Å². The van der Waals surface area contributed by atoms with Crippen LogP contribution in [0, 0.1) is 5.82 Å². The first kappa shape index (κ1) is 13.2. The van der Waals surface area contributed by atoms with Crippen LogP contribution in [0.25, 0.3) is 16.8 Å². The molecule has 120 valence electrons. The number of hydrogen-bond donors (Lipinski definition) is 2. The van der Waals surface area contributed by atoms with Gasteiger partial charge in [-0.1, -0.05) is 18.2 Å². The van der Waals surface area contributed by atoms with Gasteiger partial charge in [-0.25, -0.2) is 13.9 Å². The van der Waals surface area contributed by atoms with Crippen molar-refractivity contribution in [2.45, 2.75) is 6.54 Å². The van der Waals surface area contributed by atoms with Crippen LogP contribution < -0.4 is 14.8 Å². The molecule has 8 heteroatoms. The Kier molecular flexibility index (Phi) is 2.66. The van der Waals surface area contributed by atoms with Crippen LogP contribution in [-0.2, 0) is 6.54 Å². The standard InChI is InChI=1S/C16H12FN5O2/c17-10-4-2-1-3-9(10)7-18-15-20-16-19-11-5-13-14(24-8-23-13)6-12(11)22(16)21-15/h1-6H,7-8H2,(H2,18,19,20,21). The molecule has 2 aromatic heterocycles. The van der Waals surface area contributed by atoms with E-state index >= 15 is 0 Å². The molecule has 1 aliphatic rings. The number of aromatic amines is 1. The minimum absolute atomic E-state index is 0.216. The molecule has 24 heavy (non-hydrogen) atoms. The van der Waals surface area contributed by atoms with Crippen molar-refractivity contribution in [2.24, 2.45) is 0 Å². The summed E-state index contributed by atoms with van der Waals surface area (Å²) in [4.78, 5) is 8.84. The fourth-order valence-electron chi connectivity index (χ4n) is 2.77. The number of fused-ring (bicyclic) bond motifs is 4. The average Bonchev–Trinajstić information content (AvgIpc) is 3.26. The number of hydrogen-bond acceptors (Lipinski definition) is 5. The highest BCUT2D eigenvalue weighted by Crippen LogP contribution is 2.35. The molecule has 0 fully saturated rings. The SMILES string of the molecule is Fc1ccccc1CNc1nc2nc3cc4c(cc3n2[nH]1)OCO4. The summed E-state index contributed by atoms with van der Waals surface area (Å²) in [6.07, 6.45) is 0. The molecule has 1 aliphatic heterocycles. The topological polar surface area (TPSA) is 76.5 Å². The third kappa shape index (κ3) is 1.96. The predicted octanol–water partition coefficient (Wildman–Crippen LogP) is 2.69. The van der Waals surface area contributed by atoms with Gasteiger partial charge >= 0.3 is 0 Å². The lowest BCUT2D eigenvalue weighted by Crippen LogP contribution is -2.03. The van der Waals surface area contributed by atoms with Gasteiger partial charge in [0.15, 0.2) is 11.5 Å². The van der Waals surface area contributed by atoms with Crippen molar-refractivity contribution in [3.05, 3.63) is 47.8 Å². The van der Waals surface area contributed by atoms with Crippen molar-refractivity contribution in [2.75, 3.05) is 12.1 Å². The van der Waals surface area contributed by atoms with E-state index in [0.717, 1.165) is 11.0 Å². The number of nitrogens with zero attached hydrogens (tertiary/aromatic N) is 3. The smallest absolute Gasteiger partial charge is 0.253 e. The van der Waals surface area contributed by atoms with Crippen LogP contribution in [0.1, 0.15) is 5.56 Å². The Balaban J connectivity index is 1.49. The molecule has 2 N–H and O–H groups in total. The second-order valence-corrected chi connectivity index (χ2v) is 5.46. The van der Waals surface area contributed by atoms with Gasteiger partial charge in [0.25, 0.3) is 5.78 Å². The quantitative estimate of drug-likeness (QED) is 0.606. The fourth-order valence-corrected chi connectivity index (χ4v) is 2.77. The van der Waals surface area contributed by atoms with Gasteiger partial charge in [-0.15, -0.1) is 0 Å². The first-order valence-corrected chi connectivity index (χ1v) is 7.43. The number of aromatic nitrogens is 4. The minimum Gasteiger partial charge on any atom is -0.454 e. The van der Waals surface area contributed by atoms with E-state index in [4.69, 9.17) is 9.47 Å². The van der Waals surface area contributed by atoms with Crippen LogP contribution in [-0.4, -0.2) is 26.4 Å². The monoisotopic (exact) mass is 325 g/mol. The highest BCUT2D eigenvalue weighted by Gasteiger charge is 2.18. The number of anilines is 1. The number of rotatable bonds is 3. The van der Waals surface area contributed by atoms with Crippen LogP contribution in [0.4, 0.5) is 10.3 Å². The van der Waals surface area contributed by atoms with Crippen LogP contribution in [0.2, 0.25) is 0 Å². The van der Waals surface area contributed by atoms with E-state index in [2.05, 4.69) is 20.4 Å². The van der Waals surface area contributed by atoms with Gasteiger partial charge in [0, 0.05) is 24.2 Å². The van der Waals surface area contributed by atoms with Crippen LogP contribution in [0.15, 0.2) is 36.4 Å². The second-order valence-electron chi connectivity index (χ2n) is 5.46. The molecule has 5 rings (SSSR count). The molecular formula is C16H12FN5O2. The normalized spacial score (nSPS) is 13.0. The minimum atomic E-state index is -0.250. The van der Waals surface area contributed by atoms with Gasteiger partial charge in [-0.2, -0.15) is 4.98 Å². The maximum atomic E-state index is 13.7. The van der Waals surface area contributed by atoms with E-state index in [9.17, 15) is 4.39 Å². The number of nitrogens with one attached hydrogen (secondary N) is 2. The fraction of sp³-hybridized carbons (Fsp3) is 0.125. The summed E-state index contributed by atoms with van der Waals surface area (Å²) in [7, 11) is 0. The lowest BCUT2D eigenvalue weighted by Gasteiger charge is -2.03. The molecular weight excluding hydrogens is 313 g/mol. The van der Waals surface area contributed by atoms with Crippen molar-refractivity contribution in [1.29, 1.82) is 0 Å². The third-order valence-corrected chi connectivity index (χ3v) is 3.96. The summed E-state index contributed by atoms with van der Waals surface area (Å²) in [5, 5.41) is 6.18. The highest BCUT2D eigenvalue weighted by molar-refractivity contribution is 5.83. The predicted molar refractivity (Wildman–Crippen MR) is 84.7 cm³/mol. The molecule has 0 unspecified atom stereocenters. The summed E-state index contributed by atoms with van der Waals surface area (Å²) < 4.78 is 26.2. The second kappa shape index (κ2) is 4.85. The average molecular weight is 325 g/mol. The zero-order valence-electron chi connectivity index (χ0n) is 12.4. The van der Waals surface area contributed by atoms with Crippen LogP contribution >= 0.6 is 0 Å². The van der Waals surface area contributed by atoms with E-state index in [1.165, 1.54) is 6.07 Å². The van der Waals surface area contributed by atoms with Gasteiger partial charge < -0.3 is 14.8 Å². The van der Waals surface area contributed by atoms with Crippen molar-refractivity contribution >= 4 is 22.8 Å². The molecule has 0 spiro atoms. The van der Waals surface area contributed by atoms with Crippen LogP contribution in [0.5, 0.6) is 11.5 Å². The molecule has 0 saturated carbocycles. The molecule has 3 heterocycles. The van der Waals surface area contributed by atoms with Gasteiger partial charge in [0.05, 0.1) is 11.0 Å². The lowest BCUT2D eigenvalue weighted by molar-refractivity contribution is 0.174. The third-order valence-electron chi connectivity index (χ3n) is 3.96. The van der Waals surface area contributed by atoms with Gasteiger partial charge in [0.1, 0.15) is 5.82 Å². The Morgan fingerprint density at radius 1 is 1.17 bits per heavy atom.